The Bertz CT molecular complexity index is 145. The molecule has 0 radical (unpaired) electrons. The van der Waals surface area contributed by atoms with Gasteiger partial charge in [0.15, 0.2) is 0 Å². The van der Waals surface area contributed by atoms with Gasteiger partial charge in [0, 0.05) is 12.6 Å². The Morgan fingerprint density at radius 3 is 2.62 bits per heavy atom. The normalized spacial score (nSPS) is 27.0. The smallest absolute Gasteiger partial charge is 0.00740 e. The Kier molecular flexibility index (Phi) is 4.20. The van der Waals surface area contributed by atoms with Gasteiger partial charge in [-0.25, -0.2) is 0 Å². The van der Waals surface area contributed by atoms with E-state index < -0.39 is 0 Å². The maximum absolute atomic E-state index is 6.00. The van der Waals surface area contributed by atoms with E-state index >= 15 is 0 Å². The third kappa shape index (κ3) is 3.65. The number of hydrogen-bond donors (Lipinski definition) is 1. The maximum atomic E-state index is 6.00. The zero-order chi connectivity index (χ0) is 9.84. The molecule has 1 rings (SSSR count). The van der Waals surface area contributed by atoms with Crippen molar-refractivity contribution in [1.29, 1.82) is 0 Å². The number of likely N-dealkylation sites (tertiary alicyclic amines) is 1. The number of hydrogen-bond acceptors (Lipinski definition) is 2. The fourth-order valence-electron chi connectivity index (χ4n) is 1.89. The van der Waals surface area contributed by atoms with Gasteiger partial charge >= 0.3 is 0 Å². The van der Waals surface area contributed by atoms with Gasteiger partial charge in [0.2, 0.25) is 0 Å². The lowest BCUT2D eigenvalue weighted by Gasteiger charge is -2.20. The van der Waals surface area contributed by atoms with Crippen LogP contribution in [0.15, 0.2) is 0 Å². The lowest BCUT2D eigenvalue weighted by Crippen LogP contribution is -2.32. The van der Waals surface area contributed by atoms with Crippen molar-refractivity contribution in [3.63, 3.8) is 0 Å². The summed E-state index contributed by atoms with van der Waals surface area (Å²) in [6, 6.07) is 0.385. The molecule has 2 nitrogen and oxygen atoms in total. The van der Waals surface area contributed by atoms with Gasteiger partial charge in [-0.15, -0.1) is 0 Å². The molecule has 0 bridgehead atoms. The Balaban J connectivity index is 2.12. The summed E-state index contributed by atoms with van der Waals surface area (Å²) >= 11 is 0. The van der Waals surface area contributed by atoms with Crippen molar-refractivity contribution >= 4 is 0 Å². The minimum absolute atomic E-state index is 0.385. The molecule has 0 aliphatic carbocycles. The van der Waals surface area contributed by atoms with Gasteiger partial charge in [-0.2, -0.15) is 0 Å². The van der Waals surface area contributed by atoms with Crippen molar-refractivity contribution in [2.75, 3.05) is 19.6 Å². The average Bonchev–Trinajstić information content (AvgIpc) is 2.47. The molecule has 0 aromatic heterocycles. The highest BCUT2D eigenvalue weighted by molar-refractivity contribution is 4.74. The summed E-state index contributed by atoms with van der Waals surface area (Å²) < 4.78 is 0. The molecule has 0 saturated carbocycles. The first kappa shape index (κ1) is 11.0. The van der Waals surface area contributed by atoms with Crippen molar-refractivity contribution in [1.82, 2.24) is 4.90 Å². The van der Waals surface area contributed by atoms with E-state index in [9.17, 15) is 0 Å². The van der Waals surface area contributed by atoms with Crippen LogP contribution in [0.3, 0.4) is 0 Å². The van der Waals surface area contributed by atoms with E-state index in [1.54, 1.807) is 0 Å². The van der Waals surface area contributed by atoms with Gasteiger partial charge in [-0.3, -0.25) is 0 Å². The molecule has 1 aliphatic heterocycles. The second-order valence-electron chi connectivity index (χ2n) is 4.89. The summed E-state index contributed by atoms with van der Waals surface area (Å²) in [6.07, 6.45) is 2.53. The summed E-state index contributed by atoms with van der Waals surface area (Å²) in [7, 11) is 0. The number of nitrogens with zero attached hydrogens (tertiary/aromatic N) is 1. The van der Waals surface area contributed by atoms with Crippen LogP contribution in [0, 0.1) is 11.8 Å². The third-order valence-corrected chi connectivity index (χ3v) is 3.14. The lowest BCUT2D eigenvalue weighted by molar-refractivity contribution is 0.297. The minimum Gasteiger partial charge on any atom is -0.327 e. The molecular weight excluding hydrogens is 160 g/mol. The first-order valence-electron chi connectivity index (χ1n) is 5.57. The van der Waals surface area contributed by atoms with Crippen LogP contribution >= 0.6 is 0 Å². The molecule has 0 aromatic rings. The van der Waals surface area contributed by atoms with Crippen molar-refractivity contribution < 1.29 is 0 Å². The molecule has 13 heavy (non-hydrogen) atoms. The number of nitrogens with two attached hydrogens (primary N) is 1. The van der Waals surface area contributed by atoms with E-state index in [1.807, 2.05) is 0 Å². The highest BCUT2D eigenvalue weighted by atomic mass is 15.1. The van der Waals surface area contributed by atoms with Crippen LogP contribution in [0.1, 0.15) is 33.6 Å². The molecule has 2 unspecified atom stereocenters. The maximum Gasteiger partial charge on any atom is 0.00740 e. The predicted molar refractivity (Wildman–Crippen MR) is 57.7 cm³/mol. The van der Waals surface area contributed by atoms with Crippen LogP contribution in [0.2, 0.25) is 0 Å². The Labute approximate surface area is 82.5 Å². The van der Waals surface area contributed by atoms with Gasteiger partial charge in [0.1, 0.15) is 0 Å². The first-order chi connectivity index (χ1) is 6.09. The predicted octanol–water partition coefficient (Wildman–Crippen LogP) is 1.70. The zero-order valence-electron chi connectivity index (χ0n) is 9.29. The SMILES string of the molecule is CC1CCN(CCC(N)C(C)C)C1. The van der Waals surface area contributed by atoms with Gasteiger partial charge < -0.3 is 10.6 Å². The summed E-state index contributed by atoms with van der Waals surface area (Å²) in [5.41, 5.74) is 6.00. The topological polar surface area (TPSA) is 29.3 Å². The van der Waals surface area contributed by atoms with E-state index in [-0.39, 0.29) is 0 Å². The largest absolute Gasteiger partial charge is 0.327 e. The lowest BCUT2D eigenvalue weighted by atomic mass is 10.0. The van der Waals surface area contributed by atoms with Crippen molar-refractivity contribution in [2.24, 2.45) is 17.6 Å². The number of rotatable bonds is 4. The quantitative estimate of drug-likeness (QED) is 0.720. The molecular formula is C11H24N2. The van der Waals surface area contributed by atoms with Crippen LogP contribution in [0.25, 0.3) is 0 Å². The molecule has 78 valence electrons. The van der Waals surface area contributed by atoms with Crippen molar-refractivity contribution in [2.45, 2.75) is 39.7 Å². The van der Waals surface area contributed by atoms with E-state index in [1.165, 1.54) is 26.1 Å². The minimum atomic E-state index is 0.385. The van der Waals surface area contributed by atoms with E-state index in [0.717, 1.165) is 12.3 Å². The highest BCUT2D eigenvalue weighted by Gasteiger charge is 2.19. The van der Waals surface area contributed by atoms with Crippen LogP contribution < -0.4 is 5.73 Å². The van der Waals surface area contributed by atoms with E-state index in [2.05, 4.69) is 25.7 Å². The molecule has 0 amide bonds. The second kappa shape index (κ2) is 4.97. The molecule has 1 heterocycles. The highest BCUT2D eigenvalue weighted by Crippen LogP contribution is 2.15. The zero-order valence-corrected chi connectivity index (χ0v) is 9.29. The van der Waals surface area contributed by atoms with Gasteiger partial charge in [0.25, 0.3) is 0 Å². The Morgan fingerprint density at radius 1 is 1.46 bits per heavy atom. The Hall–Kier alpha value is -0.0800. The van der Waals surface area contributed by atoms with Crippen LogP contribution in [0.5, 0.6) is 0 Å². The fraction of sp³-hybridized carbons (Fsp3) is 1.00. The standard InChI is InChI=1S/C11H24N2/c1-9(2)11(12)5-7-13-6-4-10(3)8-13/h9-11H,4-8,12H2,1-3H3. The van der Waals surface area contributed by atoms with Crippen molar-refractivity contribution in [3.05, 3.63) is 0 Å². The monoisotopic (exact) mass is 184 g/mol. The fourth-order valence-corrected chi connectivity index (χ4v) is 1.89. The third-order valence-electron chi connectivity index (χ3n) is 3.14. The summed E-state index contributed by atoms with van der Waals surface area (Å²) in [5, 5.41) is 0. The van der Waals surface area contributed by atoms with Gasteiger partial charge in [0.05, 0.1) is 0 Å². The summed E-state index contributed by atoms with van der Waals surface area (Å²) in [6.45, 7) is 10.5. The summed E-state index contributed by atoms with van der Waals surface area (Å²) in [5.74, 6) is 1.52. The van der Waals surface area contributed by atoms with Crippen molar-refractivity contribution in [3.8, 4) is 0 Å². The van der Waals surface area contributed by atoms with Crippen LogP contribution in [0.4, 0.5) is 0 Å². The first-order valence-corrected chi connectivity index (χ1v) is 5.57. The molecule has 1 fully saturated rings. The summed E-state index contributed by atoms with van der Waals surface area (Å²) in [4.78, 5) is 2.55. The van der Waals surface area contributed by atoms with Crippen LogP contribution in [-0.4, -0.2) is 30.6 Å². The molecule has 2 atom stereocenters. The molecule has 2 heteroatoms. The van der Waals surface area contributed by atoms with Gasteiger partial charge in [-0.05, 0) is 37.8 Å². The molecule has 1 saturated heterocycles. The van der Waals surface area contributed by atoms with Crippen LogP contribution in [-0.2, 0) is 0 Å². The second-order valence-corrected chi connectivity index (χ2v) is 4.89. The molecule has 0 spiro atoms. The van der Waals surface area contributed by atoms with E-state index in [4.69, 9.17) is 5.73 Å². The Morgan fingerprint density at radius 2 is 2.15 bits per heavy atom. The molecule has 2 N–H and O–H groups in total. The molecule has 1 aliphatic rings. The van der Waals surface area contributed by atoms with E-state index in [0.29, 0.717) is 12.0 Å². The molecule has 0 aromatic carbocycles. The van der Waals surface area contributed by atoms with Gasteiger partial charge in [-0.1, -0.05) is 20.8 Å². The average molecular weight is 184 g/mol.